The summed E-state index contributed by atoms with van der Waals surface area (Å²) < 4.78 is 7.13. The zero-order valence-corrected chi connectivity index (χ0v) is 16.5. The van der Waals surface area contributed by atoms with Crippen LogP contribution in [0.5, 0.6) is 0 Å². The van der Waals surface area contributed by atoms with Crippen molar-refractivity contribution < 1.29 is 14.3 Å². The van der Waals surface area contributed by atoms with Gasteiger partial charge in [0.15, 0.2) is 0 Å². The van der Waals surface area contributed by atoms with Gasteiger partial charge in [-0.15, -0.1) is 0 Å². The van der Waals surface area contributed by atoms with E-state index >= 15 is 0 Å². The second-order valence-corrected chi connectivity index (χ2v) is 7.27. The summed E-state index contributed by atoms with van der Waals surface area (Å²) in [4.78, 5) is 31.0. The van der Waals surface area contributed by atoms with Crippen molar-refractivity contribution in [3.8, 4) is 0 Å². The van der Waals surface area contributed by atoms with E-state index in [1.165, 1.54) is 0 Å². The van der Waals surface area contributed by atoms with Crippen molar-refractivity contribution in [3.05, 3.63) is 18.0 Å². The minimum absolute atomic E-state index is 0.0403. The van der Waals surface area contributed by atoms with Crippen LogP contribution in [0.25, 0.3) is 0 Å². The molecule has 0 radical (unpaired) electrons. The zero-order valence-electron chi connectivity index (χ0n) is 16.5. The molecule has 1 atom stereocenters. The maximum absolute atomic E-state index is 12.7. The predicted octanol–water partition coefficient (Wildman–Crippen LogP) is 0.688. The Balaban J connectivity index is 1.50. The minimum Gasteiger partial charge on any atom is -0.379 e. The van der Waals surface area contributed by atoms with Gasteiger partial charge in [0.2, 0.25) is 5.91 Å². The van der Waals surface area contributed by atoms with Gasteiger partial charge in [-0.1, -0.05) is 0 Å². The van der Waals surface area contributed by atoms with E-state index in [2.05, 4.69) is 10.00 Å². The second-order valence-electron chi connectivity index (χ2n) is 7.27. The maximum Gasteiger partial charge on any atom is 0.274 e. The molecule has 2 amide bonds. The smallest absolute Gasteiger partial charge is 0.274 e. The number of aromatic nitrogens is 2. The largest absolute Gasteiger partial charge is 0.379 e. The highest BCUT2D eigenvalue weighted by atomic mass is 16.5. The van der Waals surface area contributed by atoms with Crippen molar-refractivity contribution in [2.45, 2.75) is 39.3 Å². The van der Waals surface area contributed by atoms with Gasteiger partial charge in [0.25, 0.3) is 5.91 Å². The summed E-state index contributed by atoms with van der Waals surface area (Å²) in [6.07, 6.45) is 3.61. The van der Waals surface area contributed by atoms with Crippen molar-refractivity contribution in [1.82, 2.24) is 24.5 Å². The number of morpholine rings is 1. The highest BCUT2D eigenvalue weighted by molar-refractivity contribution is 5.92. The maximum atomic E-state index is 12.7. The average Bonchev–Trinajstić information content (AvgIpc) is 3.35. The van der Waals surface area contributed by atoms with Crippen molar-refractivity contribution >= 4 is 11.8 Å². The molecule has 3 rings (SSSR count). The number of hydrogen-bond acceptors (Lipinski definition) is 5. The summed E-state index contributed by atoms with van der Waals surface area (Å²) in [6.45, 7) is 10.9. The summed E-state index contributed by atoms with van der Waals surface area (Å²) in [7, 11) is 0. The third kappa shape index (κ3) is 5.07. The van der Waals surface area contributed by atoms with Gasteiger partial charge in [0, 0.05) is 58.9 Å². The molecule has 0 N–H and O–H groups in total. The van der Waals surface area contributed by atoms with Gasteiger partial charge < -0.3 is 14.5 Å². The summed E-state index contributed by atoms with van der Waals surface area (Å²) in [5.74, 6) is 0.0491. The molecule has 8 nitrogen and oxygen atoms in total. The Labute approximate surface area is 161 Å². The lowest BCUT2D eigenvalue weighted by Gasteiger charge is -2.30. The van der Waals surface area contributed by atoms with Crippen LogP contribution in [0.3, 0.4) is 0 Å². The number of ether oxygens (including phenoxy) is 1. The number of nitrogens with zero attached hydrogens (tertiary/aromatic N) is 5. The Kier molecular flexibility index (Phi) is 6.84. The fourth-order valence-electron chi connectivity index (χ4n) is 3.88. The number of carbonyl (C=O) groups is 2. The number of carbonyl (C=O) groups excluding carboxylic acids is 2. The van der Waals surface area contributed by atoms with Crippen LogP contribution in [-0.2, 0) is 16.1 Å². The minimum atomic E-state index is -0.0403. The topological polar surface area (TPSA) is 70.9 Å². The third-order valence-corrected chi connectivity index (χ3v) is 5.46. The quantitative estimate of drug-likeness (QED) is 0.699. The molecule has 1 aromatic heterocycles. The van der Waals surface area contributed by atoms with Gasteiger partial charge >= 0.3 is 0 Å². The van der Waals surface area contributed by atoms with Gasteiger partial charge in [-0.2, -0.15) is 5.10 Å². The van der Waals surface area contributed by atoms with Gasteiger partial charge in [0.1, 0.15) is 5.69 Å². The Hall–Kier alpha value is -1.93. The molecule has 2 aliphatic rings. The molecule has 1 unspecified atom stereocenters. The molecule has 0 aliphatic carbocycles. The molecule has 2 saturated heterocycles. The van der Waals surface area contributed by atoms with E-state index in [1.807, 2.05) is 22.9 Å². The molecule has 2 fully saturated rings. The van der Waals surface area contributed by atoms with Crippen LogP contribution in [0.1, 0.15) is 37.2 Å². The number of hydrogen-bond donors (Lipinski definition) is 0. The first-order valence-electron chi connectivity index (χ1n) is 9.98. The molecule has 0 bridgehead atoms. The molecule has 27 heavy (non-hydrogen) atoms. The van der Waals surface area contributed by atoms with Crippen molar-refractivity contribution in [1.29, 1.82) is 0 Å². The molecule has 0 aromatic carbocycles. The van der Waals surface area contributed by atoms with Gasteiger partial charge in [-0.25, -0.2) is 0 Å². The molecule has 3 heterocycles. The molecular formula is C19H31N5O3. The van der Waals surface area contributed by atoms with E-state index < -0.39 is 0 Å². The zero-order chi connectivity index (χ0) is 19.2. The molecule has 0 saturated carbocycles. The molecular weight excluding hydrogens is 346 g/mol. The third-order valence-electron chi connectivity index (χ3n) is 5.46. The van der Waals surface area contributed by atoms with E-state index in [0.29, 0.717) is 18.8 Å². The molecule has 8 heteroatoms. The number of likely N-dealkylation sites (tertiary alicyclic amines) is 1. The standard InChI is InChI=1S/C19H31N5O3/c1-3-23-10-6-18(20-23)19(26)22-9-5-17(15-22)24(16(2)25)8-4-7-21-11-13-27-14-12-21/h6,10,17H,3-5,7-9,11-15H2,1-2H3. The fraction of sp³-hybridized carbons (Fsp3) is 0.737. The van der Waals surface area contributed by atoms with E-state index in [1.54, 1.807) is 17.7 Å². The van der Waals surface area contributed by atoms with Crippen molar-refractivity contribution in [3.63, 3.8) is 0 Å². The van der Waals surface area contributed by atoms with Crippen LogP contribution in [0, 0.1) is 0 Å². The molecule has 2 aliphatic heterocycles. The lowest BCUT2D eigenvalue weighted by atomic mass is 10.2. The highest BCUT2D eigenvalue weighted by Crippen LogP contribution is 2.18. The van der Waals surface area contributed by atoms with Crippen molar-refractivity contribution in [2.75, 3.05) is 52.5 Å². The average molecular weight is 377 g/mol. The summed E-state index contributed by atoms with van der Waals surface area (Å²) in [5, 5.41) is 4.31. The van der Waals surface area contributed by atoms with Crippen LogP contribution in [0.15, 0.2) is 12.3 Å². The molecule has 150 valence electrons. The second kappa shape index (κ2) is 9.32. The number of aryl methyl sites for hydroxylation is 1. The van der Waals surface area contributed by atoms with Crippen LogP contribution in [0.4, 0.5) is 0 Å². The van der Waals surface area contributed by atoms with Gasteiger partial charge in [0.05, 0.1) is 19.3 Å². The number of rotatable bonds is 7. The summed E-state index contributed by atoms with van der Waals surface area (Å²) in [5.41, 5.74) is 0.485. The lowest BCUT2D eigenvalue weighted by Crippen LogP contribution is -2.44. The summed E-state index contributed by atoms with van der Waals surface area (Å²) in [6, 6.07) is 1.87. The molecule has 0 spiro atoms. The van der Waals surface area contributed by atoms with E-state index in [0.717, 1.165) is 58.8 Å². The van der Waals surface area contributed by atoms with Gasteiger partial charge in [-0.05, 0) is 25.8 Å². The fourth-order valence-corrected chi connectivity index (χ4v) is 3.88. The van der Waals surface area contributed by atoms with Crippen molar-refractivity contribution in [2.24, 2.45) is 0 Å². The normalized spacial score (nSPS) is 20.8. The lowest BCUT2D eigenvalue weighted by molar-refractivity contribution is -0.131. The monoisotopic (exact) mass is 377 g/mol. The Morgan fingerprint density at radius 3 is 2.74 bits per heavy atom. The number of amides is 2. The Morgan fingerprint density at radius 2 is 2.07 bits per heavy atom. The van der Waals surface area contributed by atoms with Crippen LogP contribution in [-0.4, -0.2) is 94.8 Å². The first kappa shape index (κ1) is 19.8. The first-order valence-corrected chi connectivity index (χ1v) is 9.98. The molecule has 1 aromatic rings. The summed E-state index contributed by atoms with van der Waals surface area (Å²) >= 11 is 0. The van der Waals surface area contributed by atoms with Crippen LogP contribution in [0.2, 0.25) is 0 Å². The Morgan fingerprint density at radius 1 is 1.30 bits per heavy atom. The first-order chi connectivity index (χ1) is 13.1. The van der Waals surface area contributed by atoms with Crippen LogP contribution >= 0.6 is 0 Å². The van der Waals surface area contributed by atoms with E-state index in [-0.39, 0.29) is 17.9 Å². The SMILES string of the molecule is CCn1ccc(C(=O)N2CCC(N(CCCN3CCOCC3)C(C)=O)C2)n1. The highest BCUT2D eigenvalue weighted by Gasteiger charge is 2.32. The van der Waals surface area contributed by atoms with Gasteiger partial charge in [-0.3, -0.25) is 19.2 Å². The van der Waals surface area contributed by atoms with Crippen LogP contribution < -0.4 is 0 Å². The Bertz CT molecular complexity index is 641. The predicted molar refractivity (Wildman–Crippen MR) is 101 cm³/mol. The van der Waals surface area contributed by atoms with E-state index in [9.17, 15) is 9.59 Å². The van der Waals surface area contributed by atoms with E-state index in [4.69, 9.17) is 4.74 Å².